The number of hydrogen-bond donors (Lipinski definition) is 1. The highest BCUT2D eigenvalue weighted by Crippen LogP contribution is 2.24. The largest absolute Gasteiger partial charge is 0.334 e. The van der Waals surface area contributed by atoms with Crippen molar-refractivity contribution < 1.29 is 9.59 Å². The number of hydrogen-bond acceptors (Lipinski definition) is 4. The molecular formula is C18H21N5O2. The van der Waals surface area contributed by atoms with Gasteiger partial charge in [0.1, 0.15) is 5.82 Å². The SMILES string of the molecule is Cc1ccccc1-c1cc(NC(=O)C(=O)N(C)[C@@H](C)CC#N)n(C)n1. The molecule has 1 aromatic heterocycles. The number of likely N-dealkylation sites (N-methyl/N-ethyl adjacent to an activating group) is 1. The van der Waals surface area contributed by atoms with Crippen LogP contribution < -0.4 is 5.32 Å². The molecule has 0 aliphatic carbocycles. The topological polar surface area (TPSA) is 91.0 Å². The lowest BCUT2D eigenvalue weighted by molar-refractivity contribution is -0.143. The zero-order valence-corrected chi connectivity index (χ0v) is 14.8. The monoisotopic (exact) mass is 339 g/mol. The normalized spacial score (nSPS) is 11.5. The van der Waals surface area contributed by atoms with Crippen LogP contribution in [0.5, 0.6) is 0 Å². The van der Waals surface area contributed by atoms with Gasteiger partial charge in [0.15, 0.2) is 0 Å². The van der Waals surface area contributed by atoms with Gasteiger partial charge < -0.3 is 10.2 Å². The first-order valence-corrected chi connectivity index (χ1v) is 7.90. The summed E-state index contributed by atoms with van der Waals surface area (Å²) in [6.45, 7) is 3.70. The number of anilines is 1. The number of nitriles is 1. The molecule has 130 valence electrons. The van der Waals surface area contributed by atoms with E-state index in [4.69, 9.17) is 5.26 Å². The van der Waals surface area contributed by atoms with Crippen molar-refractivity contribution in [3.8, 4) is 17.3 Å². The molecule has 1 atom stereocenters. The van der Waals surface area contributed by atoms with Crippen LogP contribution in [0.1, 0.15) is 18.9 Å². The number of rotatable bonds is 4. The maximum atomic E-state index is 12.2. The second-order valence-electron chi connectivity index (χ2n) is 5.93. The molecule has 1 N–H and O–H groups in total. The summed E-state index contributed by atoms with van der Waals surface area (Å²) in [4.78, 5) is 25.6. The number of amides is 2. The Morgan fingerprint density at radius 2 is 2.08 bits per heavy atom. The van der Waals surface area contributed by atoms with Gasteiger partial charge in [-0.25, -0.2) is 0 Å². The lowest BCUT2D eigenvalue weighted by Crippen LogP contribution is -2.42. The summed E-state index contributed by atoms with van der Waals surface area (Å²) in [5.41, 5.74) is 2.75. The molecular weight excluding hydrogens is 318 g/mol. The summed E-state index contributed by atoms with van der Waals surface area (Å²) in [5, 5.41) is 15.7. The minimum absolute atomic E-state index is 0.165. The highest BCUT2D eigenvalue weighted by molar-refractivity contribution is 6.39. The smallest absolute Gasteiger partial charge is 0.315 e. The molecule has 1 heterocycles. The molecule has 7 nitrogen and oxygen atoms in total. The van der Waals surface area contributed by atoms with E-state index in [1.807, 2.05) is 37.3 Å². The quantitative estimate of drug-likeness (QED) is 0.864. The number of carbonyl (C=O) groups excluding carboxylic acids is 2. The van der Waals surface area contributed by atoms with Crippen molar-refractivity contribution in [1.82, 2.24) is 14.7 Å². The van der Waals surface area contributed by atoms with E-state index in [0.29, 0.717) is 5.82 Å². The van der Waals surface area contributed by atoms with Gasteiger partial charge >= 0.3 is 11.8 Å². The Hall–Kier alpha value is -3.14. The lowest BCUT2D eigenvalue weighted by Gasteiger charge is -2.22. The highest BCUT2D eigenvalue weighted by atomic mass is 16.2. The molecule has 2 rings (SSSR count). The van der Waals surface area contributed by atoms with Crippen LogP contribution in [0.3, 0.4) is 0 Å². The molecule has 25 heavy (non-hydrogen) atoms. The number of nitrogens with zero attached hydrogens (tertiary/aromatic N) is 4. The predicted octanol–water partition coefficient (Wildman–Crippen LogP) is 2.09. The van der Waals surface area contributed by atoms with Crippen LogP contribution in [-0.2, 0) is 16.6 Å². The molecule has 0 saturated heterocycles. The van der Waals surface area contributed by atoms with Crippen molar-refractivity contribution in [1.29, 1.82) is 5.26 Å². The van der Waals surface area contributed by atoms with E-state index in [2.05, 4.69) is 10.4 Å². The van der Waals surface area contributed by atoms with E-state index < -0.39 is 11.8 Å². The molecule has 7 heteroatoms. The molecule has 1 aromatic carbocycles. The number of aromatic nitrogens is 2. The molecule has 2 amide bonds. The zero-order valence-electron chi connectivity index (χ0n) is 14.8. The second-order valence-corrected chi connectivity index (χ2v) is 5.93. The Balaban J connectivity index is 2.16. The van der Waals surface area contributed by atoms with Gasteiger partial charge in [0.2, 0.25) is 0 Å². The second kappa shape index (κ2) is 7.62. The van der Waals surface area contributed by atoms with Crippen LogP contribution in [0.4, 0.5) is 5.82 Å². The van der Waals surface area contributed by atoms with Crippen molar-refractivity contribution >= 4 is 17.6 Å². The molecule has 0 fully saturated rings. The minimum Gasteiger partial charge on any atom is -0.334 e. The van der Waals surface area contributed by atoms with Crippen LogP contribution in [0.2, 0.25) is 0 Å². The summed E-state index contributed by atoms with van der Waals surface area (Å²) in [6.07, 6.45) is 0.165. The zero-order chi connectivity index (χ0) is 18.6. The number of nitrogens with one attached hydrogen (secondary N) is 1. The van der Waals surface area contributed by atoms with Gasteiger partial charge in [-0.1, -0.05) is 24.3 Å². The number of benzene rings is 1. The van der Waals surface area contributed by atoms with Crippen LogP contribution in [-0.4, -0.2) is 39.6 Å². The molecule has 0 radical (unpaired) electrons. The average molecular weight is 339 g/mol. The molecule has 0 spiro atoms. The highest BCUT2D eigenvalue weighted by Gasteiger charge is 2.24. The van der Waals surface area contributed by atoms with Gasteiger partial charge in [-0.15, -0.1) is 0 Å². The lowest BCUT2D eigenvalue weighted by atomic mass is 10.1. The van der Waals surface area contributed by atoms with Gasteiger partial charge in [0, 0.05) is 31.8 Å². The van der Waals surface area contributed by atoms with Gasteiger partial charge in [0.25, 0.3) is 0 Å². The van der Waals surface area contributed by atoms with Crippen molar-refractivity contribution in [3.05, 3.63) is 35.9 Å². The van der Waals surface area contributed by atoms with E-state index >= 15 is 0 Å². The number of aryl methyl sites for hydroxylation is 2. The fraction of sp³-hybridized carbons (Fsp3) is 0.333. The Morgan fingerprint density at radius 1 is 1.40 bits per heavy atom. The van der Waals surface area contributed by atoms with Crippen molar-refractivity contribution in [2.75, 3.05) is 12.4 Å². The maximum absolute atomic E-state index is 12.2. The van der Waals surface area contributed by atoms with Crippen molar-refractivity contribution in [3.63, 3.8) is 0 Å². The standard InChI is InChI=1S/C18H21N5O2/c1-12-7-5-6-8-14(12)15-11-16(23(4)21-15)20-17(24)18(25)22(3)13(2)9-10-19/h5-8,11,13H,9H2,1-4H3,(H,20,24)/t13-/m0/s1. The Kier molecular flexibility index (Phi) is 5.55. The van der Waals surface area contributed by atoms with Crippen LogP contribution in [0, 0.1) is 18.3 Å². The van der Waals surface area contributed by atoms with E-state index in [9.17, 15) is 9.59 Å². The van der Waals surface area contributed by atoms with E-state index in [-0.39, 0.29) is 12.5 Å². The van der Waals surface area contributed by atoms with Gasteiger partial charge in [0.05, 0.1) is 18.2 Å². The first-order chi connectivity index (χ1) is 11.8. The predicted molar refractivity (Wildman–Crippen MR) is 94.5 cm³/mol. The molecule has 0 bridgehead atoms. The average Bonchev–Trinajstić information content (AvgIpc) is 2.94. The van der Waals surface area contributed by atoms with Crippen LogP contribution >= 0.6 is 0 Å². The summed E-state index contributed by atoms with van der Waals surface area (Å²) >= 11 is 0. The van der Waals surface area contributed by atoms with Crippen LogP contribution in [0.15, 0.2) is 30.3 Å². The molecule has 0 unspecified atom stereocenters. The summed E-state index contributed by atoms with van der Waals surface area (Å²) in [6, 6.07) is 11.2. The Bertz CT molecular complexity index is 834. The van der Waals surface area contributed by atoms with Gasteiger partial charge in [-0.2, -0.15) is 10.4 Å². The molecule has 0 aliphatic rings. The van der Waals surface area contributed by atoms with Gasteiger partial charge in [-0.05, 0) is 19.4 Å². The Labute approximate surface area is 146 Å². The molecule has 0 aliphatic heterocycles. The molecule has 2 aromatic rings. The summed E-state index contributed by atoms with van der Waals surface area (Å²) in [7, 11) is 3.20. The van der Waals surface area contributed by atoms with Gasteiger partial charge in [-0.3, -0.25) is 14.3 Å². The third-order valence-corrected chi connectivity index (χ3v) is 4.10. The van der Waals surface area contributed by atoms with E-state index in [1.54, 1.807) is 20.0 Å². The first kappa shape index (κ1) is 18.2. The van der Waals surface area contributed by atoms with Crippen molar-refractivity contribution in [2.45, 2.75) is 26.3 Å². The first-order valence-electron chi connectivity index (χ1n) is 7.90. The summed E-state index contributed by atoms with van der Waals surface area (Å²) < 4.78 is 1.52. The van der Waals surface area contributed by atoms with E-state index in [0.717, 1.165) is 16.8 Å². The third-order valence-electron chi connectivity index (χ3n) is 4.10. The summed E-state index contributed by atoms with van der Waals surface area (Å²) in [5.74, 6) is -1.02. The number of carbonyl (C=O) groups is 2. The van der Waals surface area contributed by atoms with Crippen LogP contribution in [0.25, 0.3) is 11.3 Å². The maximum Gasteiger partial charge on any atom is 0.315 e. The fourth-order valence-electron chi connectivity index (χ4n) is 2.38. The van der Waals surface area contributed by atoms with E-state index in [1.165, 1.54) is 16.6 Å². The molecule has 0 saturated carbocycles. The van der Waals surface area contributed by atoms with Crippen molar-refractivity contribution in [2.24, 2.45) is 7.05 Å². The fourth-order valence-corrected chi connectivity index (χ4v) is 2.38. The minimum atomic E-state index is -0.758. The Morgan fingerprint density at radius 3 is 2.72 bits per heavy atom. The third kappa shape index (κ3) is 4.04.